The zero-order valence-corrected chi connectivity index (χ0v) is 13.3. The molecule has 0 aromatic carbocycles. The van der Waals surface area contributed by atoms with Crippen LogP contribution in [0, 0.1) is 12.3 Å². The Morgan fingerprint density at radius 1 is 1.44 bits per heavy atom. The van der Waals surface area contributed by atoms with Gasteiger partial charge in [-0.25, -0.2) is 0 Å². The van der Waals surface area contributed by atoms with E-state index in [4.69, 9.17) is 0 Å². The summed E-state index contributed by atoms with van der Waals surface area (Å²) < 4.78 is 1.12. The van der Waals surface area contributed by atoms with E-state index in [0.29, 0.717) is 16.7 Å². The molecule has 0 saturated heterocycles. The maximum absolute atomic E-state index is 4.26. The largest absolute Gasteiger partial charge is 0.313 e. The zero-order chi connectivity index (χ0) is 13.2. The summed E-state index contributed by atoms with van der Waals surface area (Å²) in [5.41, 5.74) is 0.381. The highest BCUT2D eigenvalue weighted by Crippen LogP contribution is 2.43. The second kappa shape index (κ2) is 5.88. The molecule has 1 heterocycles. The SMILES string of the molecule is CCNC1C(Sc2nnc(C)s2)CCCC1(C)C. The first-order valence-corrected chi connectivity index (χ1v) is 8.42. The summed E-state index contributed by atoms with van der Waals surface area (Å²) >= 11 is 3.63. The first kappa shape index (κ1) is 14.3. The average molecular weight is 285 g/mol. The van der Waals surface area contributed by atoms with Crippen molar-refractivity contribution in [1.82, 2.24) is 15.5 Å². The highest BCUT2D eigenvalue weighted by molar-refractivity contribution is 8.01. The minimum Gasteiger partial charge on any atom is -0.313 e. The van der Waals surface area contributed by atoms with Crippen LogP contribution < -0.4 is 5.32 Å². The summed E-state index contributed by atoms with van der Waals surface area (Å²) in [6.07, 6.45) is 3.92. The number of nitrogens with zero attached hydrogens (tertiary/aromatic N) is 2. The smallest absolute Gasteiger partial charge is 0.174 e. The lowest BCUT2D eigenvalue weighted by Crippen LogP contribution is -2.51. The molecule has 1 aliphatic carbocycles. The molecule has 1 saturated carbocycles. The van der Waals surface area contributed by atoms with E-state index in [1.54, 1.807) is 11.3 Å². The molecule has 1 aromatic heterocycles. The van der Waals surface area contributed by atoms with Crippen LogP contribution in [0.2, 0.25) is 0 Å². The van der Waals surface area contributed by atoms with E-state index in [1.165, 1.54) is 19.3 Å². The van der Waals surface area contributed by atoms with Gasteiger partial charge in [0.15, 0.2) is 4.34 Å². The van der Waals surface area contributed by atoms with E-state index in [0.717, 1.165) is 15.9 Å². The van der Waals surface area contributed by atoms with Gasteiger partial charge in [0.1, 0.15) is 5.01 Å². The first-order chi connectivity index (χ1) is 8.53. The van der Waals surface area contributed by atoms with Gasteiger partial charge in [-0.05, 0) is 31.7 Å². The van der Waals surface area contributed by atoms with Gasteiger partial charge in [0.2, 0.25) is 0 Å². The lowest BCUT2D eigenvalue weighted by molar-refractivity contribution is 0.176. The van der Waals surface area contributed by atoms with Crippen LogP contribution in [0.15, 0.2) is 4.34 Å². The number of aromatic nitrogens is 2. The second-order valence-electron chi connectivity index (χ2n) is 5.66. The van der Waals surface area contributed by atoms with Crippen molar-refractivity contribution in [1.29, 1.82) is 0 Å². The van der Waals surface area contributed by atoms with Crippen LogP contribution >= 0.6 is 23.1 Å². The van der Waals surface area contributed by atoms with Gasteiger partial charge in [0.05, 0.1) is 0 Å². The van der Waals surface area contributed by atoms with Crippen molar-refractivity contribution in [2.45, 2.75) is 62.6 Å². The molecule has 1 fully saturated rings. The first-order valence-electron chi connectivity index (χ1n) is 6.73. The number of nitrogens with one attached hydrogen (secondary N) is 1. The van der Waals surface area contributed by atoms with Crippen molar-refractivity contribution in [3.63, 3.8) is 0 Å². The topological polar surface area (TPSA) is 37.8 Å². The van der Waals surface area contributed by atoms with E-state index in [1.807, 2.05) is 18.7 Å². The fraction of sp³-hybridized carbons (Fsp3) is 0.846. The summed E-state index contributed by atoms with van der Waals surface area (Å²) in [7, 11) is 0. The number of hydrogen-bond donors (Lipinski definition) is 1. The Morgan fingerprint density at radius 3 is 2.83 bits per heavy atom. The number of rotatable bonds is 4. The summed E-state index contributed by atoms with van der Waals surface area (Å²) in [6.45, 7) is 10.0. The molecule has 2 atom stereocenters. The third-order valence-electron chi connectivity index (χ3n) is 3.71. The maximum Gasteiger partial charge on any atom is 0.174 e. The second-order valence-corrected chi connectivity index (χ2v) is 8.33. The Labute approximate surface area is 118 Å². The minimum atomic E-state index is 0.381. The summed E-state index contributed by atoms with van der Waals surface area (Å²) in [6, 6.07) is 0.574. The van der Waals surface area contributed by atoms with Gasteiger partial charge in [-0.1, -0.05) is 50.3 Å². The molecular weight excluding hydrogens is 262 g/mol. The van der Waals surface area contributed by atoms with Gasteiger partial charge in [-0.2, -0.15) is 0 Å². The lowest BCUT2D eigenvalue weighted by atomic mass is 9.73. The van der Waals surface area contributed by atoms with Gasteiger partial charge < -0.3 is 5.32 Å². The van der Waals surface area contributed by atoms with Crippen LogP contribution in [0.25, 0.3) is 0 Å². The predicted molar refractivity (Wildman–Crippen MR) is 79.4 cm³/mol. The van der Waals surface area contributed by atoms with Crippen molar-refractivity contribution >= 4 is 23.1 Å². The quantitative estimate of drug-likeness (QED) is 0.919. The highest BCUT2D eigenvalue weighted by atomic mass is 32.2. The number of aryl methyl sites for hydroxylation is 1. The predicted octanol–water partition coefficient (Wildman–Crippen LogP) is 3.50. The number of hydrogen-bond acceptors (Lipinski definition) is 5. The fourth-order valence-corrected chi connectivity index (χ4v) is 5.37. The van der Waals surface area contributed by atoms with Crippen LogP contribution in [0.3, 0.4) is 0 Å². The summed E-state index contributed by atoms with van der Waals surface area (Å²) in [5.74, 6) is 0. The molecule has 5 heteroatoms. The van der Waals surface area contributed by atoms with Crippen molar-refractivity contribution in [3.8, 4) is 0 Å². The molecule has 2 unspecified atom stereocenters. The summed E-state index contributed by atoms with van der Waals surface area (Å²) in [5, 5.41) is 13.7. The standard InChI is InChI=1S/C13H23N3S2/c1-5-14-11-10(7-6-8-13(11,3)4)18-12-16-15-9(2)17-12/h10-11,14H,5-8H2,1-4H3. The molecule has 1 N–H and O–H groups in total. The van der Waals surface area contributed by atoms with Crippen molar-refractivity contribution in [2.75, 3.05) is 6.54 Å². The molecular formula is C13H23N3S2. The zero-order valence-electron chi connectivity index (χ0n) is 11.7. The van der Waals surface area contributed by atoms with Crippen LogP contribution in [0.1, 0.15) is 45.0 Å². The lowest BCUT2D eigenvalue weighted by Gasteiger charge is -2.44. The summed E-state index contributed by atoms with van der Waals surface area (Å²) in [4.78, 5) is 0. The van der Waals surface area contributed by atoms with Crippen molar-refractivity contribution < 1.29 is 0 Å². The van der Waals surface area contributed by atoms with Gasteiger partial charge in [-0.3, -0.25) is 0 Å². The average Bonchev–Trinajstić information content (AvgIpc) is 2.69. The van der Waals surface area contributed by atoms with Gasteiger partial charge in [0.25, 0.3) is 0 Å². The maximum atomic E-state index is 4.26. The van der Waals surface area contributed by atoms with Crippen LogP contribution in [0.4, 0.5) is 0 Å². The Morgan fingerprint density at radius 2 is 2.22 bits per heavy atom. The third-order valence-corrected chi connectivity index (χ3v) is 5.97. The molecule has 0 amide bonds. The molecule has 1 aromatic rings. The number of thioether (sulfide) groups is 1. The van der Waals surface area contributed by atoms with Gasteiger partial charge in [-0.15, -0.1) is 10.2 Å². The van der Waals surface area contributed by atoms with Crippen LogP contribution in [-0.4, -0.2) is 28.0 Å². The molecule has 0 aliphatic heterocycles. The molecule has 0 radical (unpaired) electrons. The van der Waals surface area contributed by atoms with E-state index in [2.05, 4.69) is 36.3 Å². The van der Waals surface area contributed by atoms with Crippen molar-refractivity contribution in [3.05, 3.63) is 5.01 Å². The molecule has 3 nitrogen and oxygen atoms in total. The molecule has 1 aliphatic rings. The normalized spacial score (nSPS) is 27.3. The Balaban J connectivity index is 2.09. The molecule has 0 spiro atoms. The van der Waals surface area contributed by atoms with E-state index < -0.39 is 0 Å². The Bertz CT molecular complexity index is 389. The monoisotopic (exact) mass is 285 g/mol. The minimum absolute atomic E-state index is 0.381. The van der Waals surface area contributed by atoms with E-state index >= 15 is 0 Å². The van der Waals surface area contributed by atoms with Crippen LogP contribution in [0.5, 0.6) is 0 Å². The molecule has 18 heavy (non-hydrogen) atoms. The van der Waals surface area contributed by atoms with E-state index in [-0.39, 0.29) is 0 Å². The highest BCUT2D eigenvalue weighted by Gasteiger charge is 2.39. The molecule has 102 valence electrons. The Kier molecular flexibility index (Phi) is 4.67. The third kappa shape index (κ3) is 3.25. The van der Waals surface area contributed by atoms with Crippen molar-refractivity contribution in [2.24, 2.45) is 5.41 Å². The molecule has 0 bridgehead atoms. The van der Waals surface area contributed by atoms with Crippen LogP contribution in [-0.2, 0) is 0 Å². The fourth-order valence-electron chi connectivity index (χ4n) is 2.79. The van der Waals surface area contributed by atoms with E-state index in [9.17, 15) is 0 Å². The van der Waals surface area contributed by atoms with Gasteiger partial charge in [0, 0.05) is 11.3 Å². The Hall–Kier alpha value is -0.130. The molecule has 2 rings (SSSR count). The van der Waals surface area contributed by atoms with Gasteiger partial charge >= 0.3 is 0 Å².